The van der Waals surface area contributed by atoms with E-state index in [2.05, 4.69) is 53.3 Å². The van der Waals surface area contributed by atoms with Gasteiger partial charge >= 0.3 is 5.97 Å². The summed E-state index contributed by atoms with van der Waals surface area (Å²) in [5, 5.41) is 0. The van der Waals surface area contributed by atoms with Crippen molar-refractivity contribution < 1.29 is 9.53 Å². The van der Waals surface area contributed by atoms with Crippen molar-refractivity contribution >= 4 is 5.97 Å². The number of unbranched alkanes of at least 4 members (excludes halogenated alkanes) is 1. The molecule has 0 aliphatic heterocycles. The van der Waals surface area contributed by atoms with Crippen LogP contribution in [0, 0.1) is 0 Å². The lowest BCUT2D eigenvalue weighted by atomic mass is 10.1. The number of rotatable bonds is 4. The maximum Gasteiger partial charge on any atom is 0.305 e. The number of hydrogen-bond acceptors (Lipinski definition) is 2. The van der Waals surface area contributed by atoms with Gasteiger partial charge in [-0.1, -0.05) is 74.0 Å². The van der Waals surface area contributed by atoms with Crippen LogP contribution in [-0.4, -0.2) is 13.1 Å². The molecule has 0 spiro atoms. The minimum atomic E-state index is -0.105. The first kappa shape index (κ1) is 16.0. The van der Waals surface area contributed by atoms with E-state index in [4.69, 9.17) is 0 Å². The van der Waals surface area contributed by atoms with E-state index in [1.165, 1.54) is 18.2 Å². The van der Waals surface area contributed by atoms with Gasteiger partial charge < -0.3 is 4.74 Å². The predicted octanol–water partition coefficient (Wildman–Crippen LogP) is 4.70. The summed E-state index contributed by atoms with van der Waals surface area (Å²) in [7, 11) is 1.41. The number of carbonyl (C=O) groups is 1. The Morgan fingerprint density at radius 2 is 1.35 bits per heavy atom. The van der Waals surface area contributed by atoms with Crippen molar-refractivity contribution in [1.82, 2.24) is 0 Å². The van der Waals surface area contributed by atoms with Crippen LogP contribution in [0.15, 0.2) is 60.7 Å². The Morgan fingerprint density at radius 1 is 0.900 bits per heavy atom. The molecule has 106 valence electrons. The van der Waals surface area contributed by atoms with Gasteiger partial charge in [-0.25, -0.2) is 0 Å². The lowest BCUT2D eigenvalue weighted by Gasteiger charge is -1.98. The molecule has 0 unspecified atom stereocenters. The van der Waals surface area contributed by atoms with Crippen LogP contribution in [0.1, 0.15) is 26.2 Å². The Balaban J connectivity index is 0.000000221. The lowest BCUT2D eigenvalue weighted by Crippen LogP contribution is -1.98. The summed E-state index contributed by atoms with van der Waals surface area (Å²) in [6.07, 6.45) is 2.55. The summed E-state index contributed by atoms with van der Waals surface area (Å²) < 4.78 is 4.41. The third-order valence-corrected chi connectivity index (χ3v) is 2.84. The number of methoxy groups -OCH3 is 1. The second kappa shape index (κ2) is 9.79. The molecule has 0 atom stereocenters. The smallest absolute Gasteiger partial charge is 0.305 e. The Morgan fingerprint density at radius 3 is 1.70 bits per heavy atom. The highest BCUT2D eigenvalue weighted by Crippen LogP contribution is 2.17. The third-order valence-electron chi connectivity index (χ3n) is 2.84. The number of carbonyl (C=O) groups excluding carboxylic acids is 1. The third kappa shape index (κ3) is 6.19. The predicted molar refractivity (Wildman–Crippen MR) is 83.4 cm³/mol. The van der Waals surface area contributed by atoms with E-state index in [-0.39, 0.29) is 5.97 Å². The molecule has 20 heavy (non-hydrogen) atoms. The Kier molecular flexibility index (Phi) is 7.82. The lowest BCUT2D eigenvalue weighted by molar-refractivity contribution is -0.140. The fourth-order valence-corrected chi connectivity index (χ4v) is 1.68. The molecular formula is C18H22O2. The largest absolute Gasteiger partial charge is 0.469 e. The van der Waals surface area contributed by atoms with Crippen LogP contribution in [0.2, 0.25) is 0 Å². The van der Waals surface area contributed by atoms with Crippen molar-refractivity contribution in [3.05, 3.63) is 60.7 Å². The molecule has 2 rings (SSSR count). The molecule has 0 amide bonds. The van der Waals surface area contributed by atoms with Gasteiger partial charge in [-0.2, -0.15) is 0 Å². The van der Waals surface area contributed by atoms with E-state index in [0.717, 1.165) is 12.8 Å². The highest BCUT2D eigenvalue weighted by molar-refractivity contribution is 5.68. The number of hydrogen-bond donors (Lipinski definition) is 0. The van der Waals surface area contributed by atoms with Gasteiger partial charge in [0.05, 0.1) is 7.11 Å². The maximum absolute atomic E-state index is 10.3. The summed E-state index contributed by atoms with van der Waals surface area (Å²) >= 11 is 0. The van der Waals surface area contributed by atoms with Crippen molar-refractivity contribution in [1.29, 1.82) is 0 Å². The zero-order chi connectivity index (χ0) is 14.6. The van der Waals surface area contributed by atoms with E-state index < -0.39 is 0 Å². The molecule has 2 aromatic rings. The van der Waals surface area contributed by atoms with Crippen molar-refractivity contribution in [2.75, 3.05) is 7.11 Å². The second-order valence-electron chi connectivity index (χ2n) is 4.41. The quantitative estimate of drug-likeness (QED) is 0.752. The summed E-state index contributed by atoms with van der Waals surface area (Å²) in [5.74, 6) is -0.105. The van der Waals surface area contributed by atoms with Gasteiger partial charge in [0, 0.05) is 6.42 Å². The fourth-order valence-electron chi connectivity index (χ4n) is 1.68. The van der Waals surface area contributed by atoms with Crippen LogP contribution in [0.25, 0.3) is 11.1 Å². The van der Waals surface area contributed by atoms with E-state index in [0.29, 0.717) is 6.42 Å². The highest BCUT2D eigenvalue weighted by Gasteiger charge is 1.95. The molecule has 0 fully saturated rings. The molecule has 2 aromatic carbocycles. The Bertz CT molecular complexity index is 440. The molecule has 0 bridgehead atoms. The molecule has 0 heterocycles. The molecule has 0 saturated carbocycles. The molecule has 0 aromatic heterocycles. The van der Waals surface area contributed by atoms with Crippen LogP contribution >= 0.6 is 0 Å². The fraction of sp³-hybridized carbons (Fsp3) is 0.278. The van der Waals surface area contributed by atoms with Crippen LogP contribution in [-0.2, 0) is 9.53 Å². The van der Waals surface area contributed by atoms with Crippen molar-refractivity contribution in [3.63, 3.8) is 0 Å². The first-order valence-corrected chi connectivity index (χ1v) is 6.95. The van der Waals surface area contributed by atoms with Gasteiger partial charge in [-0.3, -0.25) is 4.79 Å². The molecule has 2 heteroatoms. The Labute approximate surface area is 121 Å². The zero-order valence-corrected chi connectivity index (χ0v) is 12.2. The normalized spacial score (nSPS) is 9.30. The first-order valence-electron chi connectivity index (χ1n) is 6.95. The van der Waals surface area contributed by atoms with Crippen molar-refractivity contribution in [2.24, 2.45) is 0 Å². The zero-order valence-electron chi connectivity index (χ0n) is 12.2. The van der Waals surface area contributed by atoms with E-state index in [1.54, 1.807) is 0 Å². The summed E-state index contributed by atoms with van der Waals surface area (Å²) in [4.78, 5) is 10.3. The van der Waals surface area contributed by atoms with Gasteiger partial charge in [-0.15, -0.1) is 0 Å². The van der Waals surface area contributed by atoms with E-state index in [9.17, 15) is 4.79 Å². The minimum Gasteiger partial charge on any atom is -0.469 e. The minimum absolute atomic E-state index is 0.105. The summed E-state index contributed by atoms with van der Waals surface area (Å²) in [6.45, 7) is 2.04. The molecule has 2 nitrogen and oxygen atoms in total. The average Bonchev–Trinajstić information content (AvgIpc) is 2.55. The number of esters is 1. The molecule has 0 aliphatic rings. The standard InChI is InChI=1S/C12H10.C6H12O2/c1-3-7-11(8-4-1)12-9-5-2-6-10-12;1-3-4-5-6(7)8-2/h1-10H;3-5H2,1-2H3. The first-order chi connectivity index (χ1) is 9.77. The topological polar surface area (TPSA) is 26.3 Å². The summed E-state index contributed by atoms with van der Waals surface area (Å²) in [6, 6.07) is 20.8. The van der Waals surface area contributed by atoms with Gasteiger partial charge in [0.1, 0.15) is 0 Å². The van der Waals surface area contributed by atoms with Crippen LogP contribution in [0.4, 0.5) is 0 Å². The average molecular weight is 270 g/mol. The summed E-state index contributed by atoms with van der Waals surface area (Å²) in [5.41, 5.74) is 2.55. The molecule has 0 radical (unpaired) electrons. The monoisotopic (exact) mass is 270 g/mol. The van der Waals surface area contributed by atoms with Crippen molar-refractivity contribution in [3.8, 4) is 11.1 Å². The van der Waals surface area contributed by atoms with Gasteiger partial charge in [0.15, 0.2) is 0 Å². The second-order valence-corrected chi connectivity index (χ2v) is 4.41. The van der Waals surface area contributed by atoms with Crippen LogP contribution < -0.4 is 0 Å². The van der Waals surface area contributed by atoms with Gasteiger partial charge in [0.25, 0.3) is 0 Å². The van der Waals surface area contributed by atoms with Crippen LogP contribution in [0.5, 0.6) is 0 Å². The molecule has 0 N–H and O–H groups in total. The Hall–Kier alpha value is -2.09. The van der Waals surface area contributed by atoms with Crippen molar-refractivity contribution in [2.45, 2.75) is 26.2 Å². The van der Waals surface area contributed by atoms with Gasteiger partial charge in [-0.05, 0) is 17.5 Å². The van der Waals surface area contributed by atoms with Gasteiger partial charge in [0.2, 0.25) is 0 Å². The molecule has 0 aliphatic carbocycles. The van der Waals surface area contributed by atoms with Crippen LogP contribution in [0.3, 0.4) is 0 Å². The van der Waals surface area contributed by atoms with E-state index >= 15 is 0 Å². The maximum atomic E-state index is 10.3. The number of benzene rings is 2. The molecule has 0 saturated heterocycles. The molecular weight excluding hydrogens is 248 g/mol. The highest BCUT2D eigenvalue weighted by atomic mass is 16.5. The number of ether oxygens (including phenoxy) is 1. The van der Waals surface area contributed by atoms with E-state index in [1.807, 2.05) is 19.1 Å². The SMILES string of the molecule is CCCCC(=O)OC.c1ccc(-c2ccccc2)cc1.